The highest BCUT2D eigenvalue weighted by Gasteiger charge is 2.43. The van der Waals surface area contributed by atoms with E-state index in [9.17, 15) is 47.9 Å². The van der Waals surface area contributed by atoms with E-state index in [0.29, 0.717) is 25.3 Å². The Kier molecular flexibility index (Phi) is 24.9. The topological polar surface area (TPSA) is 311 Å². The third kappa shape index (κ3) is 20.6. The normalized spacial score (nSPS) is 18.1. The molecule has 2 aliphatic carbocycles. The zero-order valence-corrected chi connectivity index (χ0v) is 51.8. The van der Waals surface area contributed by atoms with Crippen molar-refractivity contribution >= 4 is 59.1 Å². The first-order chi connectivity index (χ1) is 38.1. The maximum Gasteiger partial charge on any atom is 0.277 e. The molecule has 10 amide bonds. The van der Waals surface area contributed by atoms with Gasteiger partial charge in [0.2, 0.25) is 53.2 Å². The highest BCUT2D eigenvalue weighted by Crippen LogP contribution is 2.33. The summed E-state index contributed by atoms with van der Waals surface area (Å²) in [6, 6.07) is -3.50. The Morgan fingerprint density at radius 3 is 1.67 bits per heavy atom. The monoisotopic (exact) mass is 1150 g/mol. The molecule has 3 fully saturated rings. The molecule has 0 bridgehead atoms. The summed E-state index contributed by atoms with van der Waals surface area (Å²) in [5.41, 5.74) is -4.84. The highest BCUT2D eigenvalue weighted by atomic mass is 16.3. The van der Waals surface area contributed by atoms with Crippen LogP contribution in [0.3, 0.4) is 0 Å². The van der Waals surface area contributed by atoms with Crippen LogP contribution < -0.4 is 47.9 Å². The minimum absolute atomic E-state index is 0.0467. The second-order valence-corrected chi connectivity index (χ2v) is 26.5. The molecule has 4 rings (SSSR count). The molecule has 1 aromatic heterocycles. The molecule has 0 spiro atoms. The van der Waals surface area contributed by atoms with Gasteiger partial charge in [-0.2, -0.15) is 0 Å². The molecule has 1 aliphatic heterocycles. The number of aryl methyl sites for hydroxylation is 1. The molecule has 23 heteroatoms. The summed E-state index contributed by atoms with van der Waals surface area (Å²) in [7, 11) is 3.91. The molecule has 0 unspecified atom stereocenters. The minimum atomic E-state index is -1.65. The van der Waals surface area contributed by atoms with E-state index >= 15 is 0 Å². The van der Waals surface area contributed by atoms with Gasteiger partial charge < -0.3 is 62.1 Å². The molecule has 2 saturated carbocycles. The van der Waals surface area contributed by atoms with Gasteiger partial charge in [0.05, 0.1) is 5.54 Å². The highest BCUT2D eigenvalue weighted by molar-refractivity contribution is 6.03. The van der Waals surface area contributed by atoms with Gasteiger partial charge in [0.25, 0.3) is 5.91 Å². The smallest absolute Gasteiger partial charge is 0.277 e. The van der Waals surface area contributed by atoms with Crippen molar-refractivity contribution in [1.29, 1.82) is 0 Å². The van der Waals surface area contributed by atoms with Crippen LogP contribution in [0.25, 0.3) is 0 Å². The van der Waals surface area contributed by atoms with Crippen molar-refractivity contribution in [1.82, 2.24) is 62.6 Å². The number of carbonyl (C=O) groups excluding carboxylic acids is 10. The van der Waals surface area contributed by atoms with Gasteiger partial charge in [0.1, 0.15) is 53.1 Å². The molecule has 1 aromatic rings. The molecule has 0 aromatic carbocycles. The van der Waals surface area contributed by atoms with Gasteiger partial charge in [-0.3, -0.25) is 47.9 Å². The summed E-state index contributed by atoms with van der Waals surface area (Å²) < 4.78 is 5.26. The van der Waals surface area contributed by atoms with Crippen molar-refractivity contribution < 1.29 is 52.4 Å². The van der Waals surface area contributed by atoms with Gasteiger partial charge in [0.15, 0.2) is 11.6 Å². The molecule has 9 N–H and O–H groups in total. The summed E-state index contributed by atoms with van der Waals surface area (Å²) >= 11 is 0. The summed E-state index contributed by atoms with van der Waals surface area (Å²) in [5, 5.41) is 25.5. The lowest BCUT2D eigenvalue weighted by Crippen LogP contribution is -2.65. The number of nitrogens with zero attached hydrogens (tertiary/aromatic N) is 3. The van der Waals surface area contributed by atoms with Crippen molar-refractivity contribution in [2.24, 2.45) is 29.6 Å². The summed E-state index contributed by atoms with van der Waals surface area (Å²) in [6.07, 6.45) is 9.96. The zero-order valence-electron chi connectivity index (χ0n) is 51.8. The van der Waals surface area contributed by atoms with Gasteiger partial charge in [-0.05, 0) is 137 Å². The van der Waals surface area contributed by atoms with E-state index in [4.69, 9.17) is 4.42 Å². The molecule has 1 saturated heterocycles. The van der Waals surface area contributed by atoms with Crippen molar-refractivity contribution in [3.8, 4) is 0 Å². The Morgan fingerprint density at radius 1 is 0.646 bits per heavy atom. The quantitative estimate of drug-likeness (QED) is 0.0498. The Bertz CT molecular complexity index is 2410. The largest absolute Gasteiger partial charge is 0.448 e. The van der Waals surface area contributed by atoms with Crippen LogP contribution in [0, 0.1) is 36.5 Å². The fourth-order valence-corrected chi connectivity index (χ4v) is 10.9. The van der Waals surface area contributed by atoms with E-state index in [1.54, 1.807) is 6.92 Å². The number of oxazole rings is 1. The van der Waals surface area contributed by atoms with E-state index in [-0.39, 0.29) is 79.5 Å². The summed E-state index contributed by atoms with van der Waals surface area (Å²) in [4.78, 5) is 147. The fourth-order valence-electron chi connectivity index (χ4n) is 10.9. The standard InChI is InChI=1S/C59H100N12O11/c1-35(2)29-41(49(75)63-43(31-37(5)6)51(77)68-58(12,13)55(81)69-56(8,9)53(79)60-27-24-46(72)66-59(25-20-26-59)34-70(14)15)64-54(80)57(10,11)67-50(76)42(30-36(3)4)62-47(73)40(32-39-21-17-16-18-22-39)48(74)65-45-23-19-28-71(45)52(78)44-33-82-38(7)61-44/h33,35-37,39-43,45H,16-32,34H2,1-15H3,(H,60,79)(H,62,73)(H,63,75)(H,64,80)(H,65,74)(H,66,72)(H,67,76)(H,68,77)(H,69,81)/t40-,41-,42-,43-,45-/m0/s1. The van der Waals surface area contributed by atoms with Crippen molar-refractivity contribution in [3.63, 3.8) is 0 Å². The first-order valence-electron chi connectivity index (χ1n) is 29.8. The third-order valence-electron chi connectivity index (χ3n) is 15.6. The predicted octanol–water partition coefficient (Wildman–Crippen LogP) is 3.63. The lowest BCUT2D eigenvalue weighted by atomic mass is 9.76. The Balaban J connectivity index is 1.41. The number of rotatable bonds is 30. The van der Waals surface area contributed by atoms with Gasteiger partial charge in [0, 0.05) is 33.0 Å². The number of aromatic nitrogens is 1. The van der Waals surface area contributed by atoms with Crippen molar-refractivity contribution in [2.45, 2.75) is 233 Å². The molecule has 2 heterocycles. The molecule has 0 radical (unpaired) electrons. The maximum atomic E-state index is 14.4. The van der Waals surface area contributed by atoms with Crippen LogP contribution in [0.5, 0.6) is 0 Å². The van der Waals surface area contributed by atoms with E-state index in [1.807, 2.05) is 60.5 Å². The van der Waals surface area contributed by atoms with Crippen LogP contribution in [-0.4, -0.2) is 154 Å². The van der Waals surface area contributed by atoms with E-state index in [2.05, 4.69) is 52.8 Å². The van der Waals surface area contributed by atoms with Crippen molar-refractivity contribution in [2.75, 3.05) is 33.7 Å². The second kappa shape index (κ2) is 29.9. The van der Waals surface area contributed by atoms with E-state index in [1.165, 1.54) is 52.7 Å². The first kappa shape index (κ1) is 68.4. The first-order valence-corrected chi connectivity index (χ1v) is 29.8. The SMILES string of the molecule is Cc1nc(C(=O)N2CCC[C@H]2NC(=O)[C@@H](CC2CCCCC2)C(=O)N[C@@H](CC(C)C)C(=O)NC(C)(C)C(=O)N[C@@H](CC(C)C)C(=O)N[C@@H](CC(C)C)C(=O)NC(C)(C)C(=O)NC(C)(C)C(=O)NCCC(=O)NC2(CN(C)C)CCC2)co1. The van der Waals surface area contributed by atoms with Crippen LogP contribution >= 0.6 is 0 Å². The lowest BCUT2D eigenvalue weighted by Gasteiger charge is -2.44. The number of hydrogen-bond acceptors (Lipinski definition) is 13. The predicted molar refractivity (Wildman–Crippen MR) is 310 cm³/mol. The van der Waals surface area contributed by atoms with Crippen LogP contribution in [0.2, 0.25) is 0 Å². The molecule has 462 valence electrons. The molecule has 5 atom stereocenters. The Labute approximate surface area is 486 Å². The average Bonchev–Trinajstić information content (AvgIpc) is 4.18. The van der Waals surface area contributed by atoms with Crippen LogP contribution in [-0.2, 0) is 43.2 Å². The lowest BCUT2D eigenvalue weighted by molar-refractivity contribution is -0.140. The molecule has 3 aliphatic rings. The number of carbonyl (C=O) groups is 10. The van der Waals surface area contributed by atoms with Gasteiger partial charge in [-0.25, -0.2) is 4.98 Å². The maximum absolute atomic E-state index is 14.4. The number of hydrogen-bond donors (Lipinski definition) is 9. The number of likely N-dealkylation sites (N-methyl/N-ethyl adjacent to an activating group) is 1. The van der Waals surface area contributed by atoms with Gasteiger partial charge >= 0.3 is 0 Å². The van der Waals surface area contributed by atoms with Crippen LogP contribution in [0.1, 0.15) is 196 Å². The minimum Gasteiger partial charge on any atom is -0.448 e. The fraction of sp³-hybridized carbons (Fsp3) is 0.780. The number of likely N-dealkylation sites (tertiary alicyclic amines) is 1. The summed E-state index contributed by atoms with van der Waals surface area (Å²) in [5.74, 6) is -6.87. The second-order valence-electron chi connectivity index (χ2n) is 26.5. The van der Waals surface area contributed by atoms with E-state index < -0.39 is 100.0 Å². The van der Waals surface area contributed by atoms with Gasteiger partial charge in [-0.1, -0.05) is 73.6 Å². The summed E-state index contributed by atoms with van der Waals surface area (Å²) in [6.45, 7) is 22.9. The molecular formula is C59H100N12O11. The van der Waals surface area contributed by atoms with E-state index in [0.717, 1.165) is 57.9 Å². The molecular weight excluding hydrogens is 1050 g/mol. The Hall–Kier alpha value is -6.13. The zero-order chi connectivity index (χ0) is 61.5. The molecule has 23 nitrogen and oxygen atoms in total. The third-order valence-corrected chi connectivity index (χ3v) is 15.6. The van der Waals surface area contributed by atoms with Crippen molar-refractivity contribution in [3.05, 3.63) is 17.8 Å². The number of amides is 10. The molecule has 82 heavy (non-hydrogen) atoms. The van der Waals surface area contributed by atoms with Gasteiger partial charge in [-0.15, -0.1) is 0 Å². The average molecular weight is 1150 g/mol. The number of nitrogens with one attached hydrogen (secondary N) is 9. The van der Waals surface area contributed by atoms with Crippen LogP contribution in [0.15, 0.2) is 10.7 Å². The Morgan fingerprint density at radius 2 is 1.17 bits per heavy atom. The van der Waals surface area contributed by atoms with Crippen LogP contribution in [0.4, 0.5) is 0 Å².